The summed E-state index contributed by atoms with van der Waals surface area (Å²) < 4.78 is 0. The molecule has 3 rings (SSSR count). The third-order valence-electron chi connectivity index (χ3n) is 4.89. The summed E-state index contributed by atoms with van der Waals surface area (Å²) in [6.07, 6.45) is 3.96. The minimum absolute atomic E-state index is 0.162. The van der Waals surface area contributed by atoms with Crippen LogP contribution in [0.15, 0.2) is 42.6 Å². The van der Waals surface area contributed by atoms with Crippen molar-refractivity contribution in [3.8, 4) is 0 Å². The van der Waals surface area contributed by atoms with Crippen molar-refractivity contribution in [2.75, 3.05) is 36.4 Å². The number of anilines is 2. The van der Waals surface area contributed by atoms with Gasteiger partial charge in [-0.1, -0.05) is 0 Å². The highest BCUT2D eigenvalue weighted by Gasteiger charge is 2.16. The molecule has 0 atom stereocenters. The maximum Gasteiger partial charge on any atom is 0.272 e. The van der Waals surface area contributed by atoms with Gasteiger partial charge >= 0.3 is 0 Å². The molecule has 27 heavy (non-hydrogen) atoms. The van der Waals surface area contributed by atoms with Gasteiger partial charge in [0.25, 0.3) is 11.8 Å². The second kappa shape index (κ2) is 8.66. The van der Waals surface area contributed by atoms with Crippen LogP contribution < -0.4 is 10.2 Å². The second-order valence-corrected chi connectivity index (χ2v) is 6.60. The first-order valence-electron chi connectivity index (χ1n) is 9.54. The Morgan fingerprint density at radius 1 is 1.07 bits per heavy atom. The van der Waals surface area contributed by atoms with Crippen molar-refractivity contribution in [3.05, 3.63) is 53.9 Å². The Kier molecular flexibility index (Phi) is 6.06. The van der Waals surface area contributed by atoms with E-state index in [1.165, 1.54) is 24.7 Å². The molecule has 0 saturated carbocycles. The molecule has 1 aromatic carbocycles. The topological polar surface area (TPSA) is 65.5 Å². The van der Waals surface area contributed by atoms with Crippen LogP contribution in [0.1, 0.15) is 47.5 Å². The summed E-state index contributed by atoms with van der Waals surface area (Å²) in [5.74, 6) is -0.412. The van der Waals surface area contributed by atoms with E-state index in [0.29, 0.717) is 18.7 Å². The number of carbonyl (C=O) groups excluding carboxylic acids is 2. The molecule has 1 aromatic heterocycles. The Bertz CT molecular complexity index is 794. The summed E-state index contributed by atoms with van der Waals surface area (Å²) in [7, 11) is 0. The van der Waals surface area contributed by atoms with Gasteiger partial charge < -0.3 is 15.1 Å². The molecule has 1 aliphatic heterocycles. The van der Waals surface area contributed by atoms with Crippen LogP contribution in [0.2, 0.25) is 0 Å². The molecule has 1 aliphatic rings. The largest absolute Gasteiger partial charge is 0.372 e. The lowest BCUT2D eigenvalue weighted by atomic mass is 10.2. The van der Waals surface area contributed by atoms with Crippen molar-refractivity contribution >= 4 is 23.2 Å². The second-order valence-electron chi connectivity index (χ2n) is 6.60. The quantitative estimate of drug-likeness (QED) is 0.851. The van der Waals surface area contributed by atoms with Crippen LogP contribution >= 0.6 is 0 Å². The van der Waals surface area contributed by atoms with Crippen LogP contribution in [-0.2, 0) is 0 Å². The molecule has 6 nitrogen and oxygen atoms in total. The zero-order valence-electron chi connectivity index (χ0n) is 15.9. The van der Waals surface area contributed by atoms with Crippen molar-refractivity contribution in [1.29, 1.82) is 0 Å². The van der Waals surface area contributed by atoms with Crippen LogP contribution in [-0.4, -0.2) is 47.9 Å². The van der Waals surface area contributed by atoms with Gasteiger partial charge in [0, 0.05) is 49.3 Å². The lowest BCUT2D eigenvalue weighted by Gasteiger charge is -2.18. The van der Waals surface area contributed by atoms with Crippen LogP contribution in [0.4, 0.5) is 11.4 Å². The lowest BCUT2D eigenvalue weighted by molar-refractivity contribution is 0.0767. The van der Waals surface area contributed by atoms with Crippen molar-refractivity contribution < 1.29 is 9.59 Å². The van der Waals surface area contributed by atoms with Crippen molar-refractivity contribution in [1.82, 2.24) is 9.88 Å². The Balaban J connectivity index is 1.69. The number of hydrogen-bond acceptors (Lipinski definition) is 4. The fourth-order valence-electron chi connectivity index (χ4n) is 3.30. The maximum absolute atomic E-state index is 12.6. The summed E-state index contributed by atoms with van der Waals surface area (Å²) in [5, 5.41) is 2.89. The summed E-state index contributed by atoms with van der Waals surface area (Å²) in [6, 6.07) is 11.1. The molecule has 142 valence electrons. The summed E-state index contributed by atoms with van der Waals surface area (Å²) in [6.45, 7) is 7.24. The number of rotatable bonds is 6. The first kappa shape index (κ1) is 18.9. The van der Waals surface area contributed by atoms with Gasteiger partial charge in [0.15, 0.2) is 0 Å². The van der Waals surface area contributed by atoms with Crippen molar-refractivity contribution in [2.45, 2.75) is 26.7 Å². The fraction of sp³-hybridized carbons (Fsp3) is 0.381. The van der Waals surface area contributed by atoms with Gasteiger partial charge in [0.2, 0.25) is 0 Å². The van der Waals surface area contributed by atoms with Crippen molar-refractivity contribution in [3.63, 3.8) is 0 Å². The molecular formula is C21H26N4O2. The van der Waals surface area contributed by atoms with Crippen molar-refractivity contribution in [2.24, 2.45) is 0 Å². The smallest absolute Gasteiger partial charge is 0.272 e. The highest BCUT2D eigenvalue weighted by atomic mass is 16.2. The molecule has 2 amide bonds. The van der Waals surface area contributed by atoms with Crippen LogP contribution in [0.5, 0.6) is 0 Å². The van der Waals surface area contributed by atoms with E-state index in [-0.39, 0.29) is 17.5 Å². The SMILES string of the molecule is CCN(CC)C(=O)c1cc(C(=O)Nc2ccc(N3CCCC3)cc2)ccn1. The average molecular weight is 366 g/mol. The van der Waals surface area contributed by atoms with Gasteiger partial charge in [0.05, 0.1) is 0 Å². The molecule has 2 heterocycles. The number of pyridine rings is 1. The average Bonchev–Trinajstić information content (AvgIpc) is 3.24. The van der Waals surface area contributed by atoms with E-state index in [0.717, 1.165) is 18.8 Å². The van der Waals surface area contributed by atoms with E-state index in [4.69, 9.17) is 0 Å². The van der Waals surface area contributed by atoms with E-state index < -0.39 is 0 Å². The predicted octanol–water partition coefficient (Wildman–Crippen LogP) is 3.42. The molecular weight excluding hydrogens is 340 g/mol. The van der Waals surface area contributed by atoms with Gasteiger partial charge in [-0.2, -0.15) is 0 Å². The third-order valence-corrected chi connectivity index (χ3v) is 4.89. The minimum Gasteiger partial charge on any atom is -0.372 e. The molecule has 0 aliphatic carbocycles. The molecule has 0 unspecified atom stereocenters. The highest BCUT2D eigenvalue weighted by molar-refractivity contribution is 6.05. The first-order chi connectivity index (χ1) is 13.1. The number of nitrogens with zero attached hydrogens (tertiary/aromatic N) is 3. The van der Waals surface area contributed by atoms with E-state index >= 15 is 0 Å². The highest BCUT2D eigenvalue weighted by Crippen LogP contribution is 2.22. The van der Waals surface area contributed by atoms with Gasteiger partial charge in [0.1, 0.15) is 5.69 Å². The molecule has 1 N–H and O–H groups in total. The van der Waals surface area contributed by atoms with E-state index in [9.17, 15) is 9.59 Å². The molecule has 6 heteroatoms. The molecule has 2 aromatic rings. The Morgan fingerprint density at radius 2 is 1.74 bits per heavy atom. The number of carbonyl (C=O) groups is 2. The number of nitrogens with one attached hydrogen (secondary N) is 1. The van der Waals surface area contributed by atoms with E-state index in [1.54, 1.807) is 17.0 Å². The number of benzene rings is 1. The molecule has 0 radical (unpaired) electrons. The first-order valence-corrected chi connectivity index (χ1v) is 9.54. The third kappa shape index (κ3) is 4.45. The Labute approximate surface area is 160 Å². The van der Waals surface area contributed by atoms with E-state index in [1.807, 2.05) is 38.1 Å². The normalized spacial score (nSPS) is 13.5. The zero-order valence-corrected chi connectivity index (χ0v) is 15.9. The van der Waals surface area contributed by atoms with E-state index in [2.05, 4.69) is 15.2 Å². The molecule has 1 saturated heterocycles. The van der Waals surface area contributed by atoms with Gasteiger partial charge in [-0.3, -0.25) is 14.6 Å². The zero-order chi connectivity index (χ0) is 19.2. The monoisotopic (exact) mass is 366 g/mol. The van der Waals surface area contributed by atoms with Crippen LogP contribution in [0.25, 0.3) is 0 Å². The van der Waals surface area contributed by atoms with Crippen LogP contribution in [0, 0.1) is 0 Å². The molecule has 0 bridgehead atoms. The van der Waals surface area contributed by atoms with Gasteiger partial charge in [-0.05, 0) is 63.1 Å². The predicted molar refractivity (Wildman–Crippen MR) is 107 cm³/mol. The number of amides is 2. The van der Waals surface area contributed by atoms with Gasteiger partial charge in [-0.15, -0.1) is 0 Å². The summed E-state index contributed by atoms with van der Waals surface area (Å²) in [4.78, 5) is 33.1. The van der Waals surface area contributed by atoms with Crippen LogP contribution in [0.3, 0.4) is 0 Å². The Morgan fingerprint density at radius 3 is 2.37 bits per heavy atom. The van der Waals surface area contributed by atoms with Gasteiger partial charge in [-0.25, -0.2) is 0 Å². The summed E-state index contributed by atoms with van der Waals surface area (Å²) in [5.41, 5.74) is 2.62. The standard InChI is InChI=1S/C21H26N4O2/c1-3-24(4-2)21(27)19-15-16(11-12-22-19)20(26)23-17-7-9-18(10-8-17)25-13-5-6-14-25/h7-12,15H,3-6,13-14H2,1-2H3,(H,23,26). The Hall–Kier alpha value is -2.89. The maximum atomic E-state index is 12.6. The number of hydrogen-bond donors (Lipinski definition) is 1. The number of aromatic nitrogens is 1. The lowest BCUT2D eigenvalue weighted by Crippen LogP contribution is -2.31. The minimum atomic E-state index is -0.250. The molecule has 1 fully saturated rings. The fourth-order valence-corrected chi connectivity index (χ4v) is 3.30. The summed E-state index contributed by atoms with van der Waals surface area (Å²) >= 11 is 0. The molecule has 0 spiro atoms.